The number of ether oxygens (including phenoxy) is 2. The number of alkyl halides is 1. The molecule has 0 radical (unpaired) electrons. The minimum absolute atomic E-state index is 0.0235. The van der Waals surface area contributed by atoms with Crippen molar-refractivity contribution >= 4 is 57.6 Å². The van der Waals surface area contributed by atoms with E-state index in [4.69, 9.17) is 28.4 Å². The van der Waals surface area contributed by atoms with E-state index in [1.165, 1.54) is 40.4 Å². The Morgan fingerprint density at radius 3 is 2.79 bits per heavy atom. The predicted molar refractivity (Wildman–Crippen MR) is 144 cm³/mol. The van der Waals surface area contributed by atoms with E-state index >= 15 is 4.39 Å². The number of H-pyrrole nitrogens is 1. The SMILES string of the molecule is Nc1nc2c(ncn2[C@@H]2OC3=C[C@H]2OS(=O)(=O)NC[C@H]2O[C@@H](n4cnc5cncnc54)[C@H](F)[C@@H]2OP(=O)(S)OC3)c(=O)[nH]1. The highest BCUT2D eigenvalue weighted by atomic mass is 32.7. The standard InChI is InChI=1S/C20H20FN10O9PS2/c21-12-14-11(38-19(12)30-6-25-9-2-23-5-24-15(9)30)3-27-43(34,35)40-10-1-8(4-36-41(33,42)39-14)37-18(10)31-7-26-13-16(31)28-20(22)29-17(13)32/h1-2,5-7,10-12,14,18-19,27H,3-4H2,(H,33,42)(H3,22,28,29,32)/t10-,11-,12-,14-,18-,19-,41?/m1/s1. The van der Waals surface area contributed by atoms with Crippen LogP contribution in [0.15, 0.2) is 41.8 Å². The maximum absolute atomic E-state index is 15.9. The molecule has 7 heterocycles. The van der Waals surface area contributed by atoms with E-state index in [1.54, 1.807) is 0 Å². The molecule has 1 unspecified atom stereocenters. The van der Waals surface area contributed by atoms with E-state index in [1.807, 2.05) is 0 Å². The topological polar surface area (TPSA) is 243 Å². The molecule has 4 N–H and O–H groups in total. The number of rotatable bonds is 2. The molecule has 43 heavy (non-hydrogen) atoms. The lowest BCUT2D eigenvalue weighted by molar-refractivity contribution is -0.0204. The van der Waals surface area contributed by atoms with Gasteiger partial charge in [0.1, 0.15) is 42.7 Å². The van der Waals surface area contributed by atoms with E-state index in [2.05, 4.69) is 46.9 Å². The normalized spacial score (nSPS) is 32.8. The van der Waals surface area contributed by atoms with E-state index in [9.17, 15) is 17.8 Å². The number of thiol groups is 1. The van der Waals surface area contributed by atoms with Gasteiger partial charge in [-0.3, -0.25) is 28.0 Å². The molecule has 1 saturated heterocycles. The van der Waals surface area contributed by atoms with Gasteiger partial charge >= 0.3 is 17.1 Å². The second kappa shape index (κ2) is 10.3. The molecule has 1 fully saturated rings. The van der Waals surface area contributed by atoms with Crippen LogP contribution in [0.2, 0.25) is 0 Å². The van der Waals surface area contributed by atoms with Crippen LogP contribution in [0.1, 0.15) is 12.5 Å². The van der Waals surface area contributed by atoms with Gasteiger partial charge in [-0.15, -0.1) is 0 Å². The van der Waals surface area contributed by atoms with Crippen molar-refractivity contribution in [1.29, 1.82) is 0 Å². The maximum Gasteiger partial charge on any atom is 0.387 e. The Labute approximate surface area is 244 Å². The van der Waals surface area contributed by atoms with Crippen molar-refractivity contribution in [1.82, 2.24) is 43.8 Å². The number of hydrogen-bond donors (Lipinski definition) is 4. The first-order valence-corrected chi connectivity index (χ1v) is 16.4. The summed E-state index contributed by atoms with van der Waals surface area (Å²) in [6.45, 7) is -5.44. The number of imidazole rings is 2. The maximum atomic E-state index is 15.9. The largest absolute Gasteiger partial charge is 0.469 e. The third-order valence-electron chi connectivity index (χ3n) is 6.73. The van der Waals surface area contributed by atoms with Gasteiger partial charge in [-0.05, 0) is 6.08 Å². The van der Waals surface area contributed by atoms with E-state index in [0.29, 0.717) is 5.52 Å². The van der Waals surface area contributed by atoms with Crippen LogP contribution < -0.4 is 16.0 Å². The summed E-state index contributed by atoms with van der Waals surface area (Å²) < 4.78 is 87.8. The number of nitrogens with one attached hydrogen (secondary N) is 2. The lowest BCUT2D eigenvalue weighted by atomic mass is 10.1. The van der Waals surface area contributed by atoms with Crippen molar-refractivity contribution in [3.05, 3.63) is 47.4 Å². The Morgan fingerprint density at radius 2 is 1.95 bits per heavy atom. The van der Waals surface area contributed by atoms with Crippen LogP contribution in [0, 0.1) is 0 Å². The molecular formula is C20H20FN10O9PS2. The van der Waals surface area contributed by atoms with Gasteiger partial charge in [0, 0.05) is 6.54 Å². The third-order valence-corrected chi connectivity index (χ3v) is 9.32. The van der Waals surface area contributed by atoms with Crippen LogP contribution in [0.25, 0.3) is 22.3 Å². The third kappa shape index (κ3) is 5.18. The minimum Gasteiger partial charge on any atom is -0.469 e. The quantitative estimate of drug-likeness (QED) is 0.162. The summed E-state index contributed by atoms with van der Waals surface area (Å²) >= 11 is 3.99. The molecule has 4 aromatic rings. The predicted octanol–water partition coefficient (Wildman–Crippen LogP) is -0.137. The lowest BCUT2D eigenvalue weighted by Crippen LogP contribution is -2.41. The van der Waals surface area contributed by atoms with Crippen LogP contribution in [0.3, 0.4) is 0 Å². The lowest BCUT2D eigenvalue weighted by Gasteiger charge is -2.25. The molecule has 0 aromatic carbocycles. The first kappa shape index (κ1) is 28.3. The molecule has 23 heteroatoms. The number of halogens is 1. The molecule has 3 aliphatic rings. The number of nitrogens with two attached hydrogens (primary N) is 1. The zero-order valence-corrected chi connectivity index (χ0v) is 23.9. The van der Waals surface area contributed by atoms with E-state index in [0.717, 1.165) is 0 Å². The van der Waals surface area contributed by atoms with Gasteiger partial charge in [0.05, 0.1) is 12.5 Å². The highest BCUT2D eigenvalue weighted by Crippen LogP contribution is 2.57. The molecular weight excluding hydrogens is 638 g/mol. The summed E-state index contributed by atoms with van der Waals surface area (Å²) in [7, 11) is -4.59. The van der Waals surface area contributed by atoms with Crippen LogP contribution in [0.4, 0.5) is 10.3 Å². The van der Waals surface area contributed by atoms with Crippen LogP contribution in [-0.2, 0) is 37.6 Å². The first-order valence-electron chi connectivity index (χ1n) is 12.3. The van der Waals surface area contributed by atoms with Crippen molar-refractivity contribution in [2.45, 2.75) is 36.9 Å². The van der Waals surface area contributed by atoms with Gasteiger partial charge in [0.25, 0.3) is 5.56 Å². The molecule has 0 saturated carbocycles. The van der Waals surface area contributed by atoms with E-state index < -0.39 is 72.8 Å². The molecule has 0 amide bonds. The van der Waals surface area contributed by atoms with Crippen molar-refractivity contribution in [3.8, 4) is 0 Å². The number of nitrogens with zero attached hydrogens (tertiary/aromatic N) is 7. The molecule has 4 aromatic heterocycles. The summed E-state index contributed by atoms with van der Waals surface area (Å²) in [6.07, 6.45) is -2.61. The van der Waals surface area contributed by atoms with Gasteiger partial charge < -0.3 is 15.2 Å². The molecule has 3 aliphatic heterocycles. The highest BCUT2D eigenvalue weighted by molar-refractivity contribution is 8.44. The van der Waals surface area contributed by atoms with Crippen LogP contribution in [0.5, 0.6) is 0 Å². The summed E-state index contributed by atoms with van der Waals surface area (Å²) in [5, 5.41) is 0. The highest BCUT2D eigenvalue weighted by Gasteiger charge is 2.51. The molecule has 0 aliphatic carbocycles. The molecule has 228 valence electrons. The second-order valence-corrected chi connectivity index (χ2v) is 13.8. The Morgan fingerprint density at radius 1 is 1.16 bits per heavy atom. The monoisotopic (exact) mass is 658 g/mol. The number of anilines is 1. The fourth-order valence-corrected chi connectivity index (χ4v) is 7.19. The molecule has 0 spiro atoms. The van der Waals surface area contributed by atoms with Crippen LogP contribution >= 0.6 is 19.0 Å². The second-order valence-electron chi connectivity index (χ2n) is 9.49. The zero-order valence-electron chi connectivity index (χ0n) is 21.3. The summed E-state index contributed by atoms with van der Waals surface area (Å²) in [5.41, 5.74) is 5.51. The zero-order chi connectivity index (χ0) is 30.1. The fourth-order valence-electron chi connectivity index (χ4n) is 4.90. The van der Waals surface area contributed by atoms with Crippen molar-refractivity contribution in [2.24, 2.45) is 0 Å². The Bertz CT molecular complexity index is 1990. The summed E-state index contributed by atoms with van der Waals surface area (Å²) in [5.74, 6) is -0.261. The molecule has 7 rings (SSSR count). The Kier molecular flexibility index (Phi) is 6.77. The number of fused-ring (bicyclic) bond motifs is 4. The summed E-state index contributed by atoms with van der Waals surface area (Å²) in [4.78, 5) is 34.7. The van der Waals surface area contributed by atoms with Crippen molar-refractivity contribution < 1.29 is 40.1 Å². The number of hydrogen-bond acceptors (Lipinski definition) is 15. The average molecular weight is 659 g/mol. The minimum atomic E-state index is -4.59. The van der Waals surface area contributed by atoms with Gasteiger partial charge in [0.15, 0.2) is 35.3 Å². The number of aromatic nitrogens is 8. The molecule has 7 atom stereocenters. The van der Waals surface area contributed by atoms with Gasteiger partial charge in [-0.2, -0.15) is 18.1 Å². The number of aromatic amines is 1. The van der Waals surface area contributed by atoms with Gasteiger partial charge in [-0.25, -0.2) is 33.1 Å². The first-order chi connectivity index (χ1) is 20.5. The molecule has 19 nitrogen and oxygen atoms in total. The molecule has 2 bridgehead atoms. The van der Waals surface area contributed by atoms with Crippen molar-refractivity contribution in [3.63, 3.8) is 0 Å². The fraction of sp³-hybridized carbons (Fsp3) is 0.400. The smallest absolute Gasteiger partial charge is 0.387 e. The Balaban J connectivity index is 1.20. The number of nitrogen functional groups attached to an aromatic ring is 1. The summed E-state index contributed by atoms with van der Waals surface area (Å²) in [6, 6.07) is 0. The van der Waals surface area contributed by atoms with Gasteiger partial charge in [-0.1, -0.05) is 12.2 Å². The Hall–Kier alpha value is -3.50. The van der Waals surface area contributed by atoms with Gasteiger partial charge in [0.2, 0.25) is 12.2 Å². The van der Waals surface area contributed by atoms with E-state index in [-0.39, 0.29) is 28.5 Å². The van der Waals surface area contributed by atoms with Crippen LogP contribution in [-0.4, -0.2) is 85.1 Å². The average Bonchev–Trinajstić information content (AvgIpc) is 3.71. The van der Waals surface area contributed by atoms with Crippen molar-refractivity contribution in [2.75, 3.05) is 18.9 Å².